The van der Waals surface area contributed by atoms with Crippen molar-refractivity contribution < 1.29 is 9.53 Å². The first-order valence-electron chi connectivity index (χ1n) is 8.23. The van der Waals surface area contributed by atoms with Gasteiger partial charge >= 0.3 is 0 Å². The van der Waals surface area contributed by atoms with E-state index in [1.54, 1.807) is 19.5 Å². The number of carbonyl (C=O) groups is 1. The van der Waals surface area contributed by atoms with Crippen LogP contribution in [-0.2, 0) is 4.74 Å². The van der Waals surface area contributed by atoms with Crippen LogP contribution in [0.4, 0.5) is 0 Å². The maximum absolute atomic E-state index is 12.3. The molecule has 0 fully saturated rings. The van der Waals surface area contributed by atoms with Gasteiger partial charge in [0.2, 0.25) is 5.82 Å². The molecule has 3 aromatic heterocycles. The lowest BCUT2D eigenvalue weighted by atomic mass is 10.1. The van der Waals surface area contributed by atoms with Gasteiger partial charge in [0.25, 0.3) is 5.91 Å². The number of benzene rings is 1. The van der Waals surface area contributed by atoms with Gasteiger partial charge in [0.1, 0.15) is 0 Å². The molecule has 0 bridgehead atoms. The van der Waals surface area contributed by atoms with E-state index in [0.717, 1.165) is 22.2 Å². The molecular weight excluding hydrogens is 332 g/mol. The predicted molar refractivity (Wildman–Crippen MR) is 97.8 cm³/mol. The zero-order valence-electron chi connectivity index (χ0n) is 14.4. The number of nitrogens with one attached hydrogen (secondary N) is 3. The molecule has 1 aromatic carbocycles. The highest BCUT2D eigenvalue weighted by Gasteiger charge is 2.17. The van der Waals surface area contributed by atoms with E-state index in [1.807, 2.05) is 31.2 Å². The van der Waals surface area contributed by atoms with Crippen LogP contribution in [0.3, 0.4) is 0 Å². The van der Waals surface area contributed by atoms with Gasteiger partial charge in [-0.05, 0) is 31.2 Å². The number of pyridine rings is 1. The third kappa shape index (κ3) is 2.91. The van der Waals surface area contributed by atoms with Crippen LogP contribution in [-0.4, -0.2) is 50.8 Å². The monoisotopic (exact) mass is 350 g/mol. The Hall–Kier alpha value is -3.26. The summed E-state index contributed by atoms with van der Waals surface area (Å²) in [5.41, 5.74) is 4.18. The van der Waals surface area contributed by atoms with Crippen molar-refractivity contribution in [2.75, 3.05) is 13.7 Å². The number of ether oxygens (including phenoxy) is 1. The van der Waals surface area contributed by atoms with Gasteiger partial charge in [-0.2, -0.15) is 0 Å². The zero-order valence-corrected chi connectivity index (χ0v) is 14.4. The van der Waals surface area contributed by atoms with Gasteiger partial charge in [-0.1, -0.05) is 0 Å². The lowest BCUT2D eigenvalue weighted by molar-refractivity contribution is 0.0896. The van der Waals surface area contributed by atoms with Crippen LogP contribution >= 0.6 is 0 Å². The molecule has 1 amide bonds. The minimum atomic E-state index is -0.310. The molecule has 1 unspecified atom stereocenters. The summed E-state index contributed by atoms with van der Waals surface area (Å²) in [5, 5.41) is 10.1. The summed E-state index contributed by atoms with van der Waals surface area (Å²) in [5.74, 6) is -0.152. The quantitative estimate of drug-likeness (QED) is 0.512. The van der Waals surface area contributed by atoms with E-state index in [-0.39, 0.29) is 17.8 Å². The van der Waals surface area contributed by atoms with Crippen molar-refractivity contribution in [3.8, 4) is 11.3 Å². The fourth-order valence-corrected chi connectivity index (χ4v) is 2.94. The molecule has 0 aliphatic rings. The van der Waals surface area contributed by atoms with Crippen LogP contribution < -0.4 is 5.32 Å². The smallest absolute Gasteiger partial charge is 0.289 e. The molecule has 1 atom stereocenters. The van der Waals surface area contributed by atoms with Crippen molar-refractivity contribution in [1.82, 2.24) is 30.5 Å². The fraction of sp³-hybridized carbons (Fsp3) is 0.222. The number of methoxy groups -OCH3 is 1. The van der Waals surface area contributed by atoms with Crippen LogP contribution in [0.15, 0.2) is 36.7 Å². The van der Waals surface area contributed by atoms with Gasteiger partial charge in [0.05, 0.1) is 28.9 Å². The molecule has 132 valence electrons. The third-order valence-corrected chi connectivity index (χ3v) is 4.13. The first-order chi connectivity index (χ1) is 12.7. The second-order valence-corrected chi connectivity index (χ2v) is 6.12. The third-order valence-electron chi connectivity index (χ3n) is 4.13. The molecule has 8 heteroatoms. The van der Waals surface area contributed by atoms with Crippen molar-refractivity contribution in [2.45, 2.75) is 13.0 Å². The highest BCUT2D eigenvalue weighted by Crippen LogP contribution is 2.28. The van der Waals surface area contributed by atoms with Crippen LogP contribution in [0, 0.1) is 0 Å². The Morgan fingerprint density at radius 2 is 1.92 bits per heavy atom. The average Bonchev–Trinajstić information content (AvgIpc) is 3.23. The molecule has 0 saturated heterocycles. The molecule has 3 heterocycles. The second-order valence-electron chi connectivity index (χ2n) is 6.12. The van der Waals surface area contributed by atoms with Crippen LogP contribution in [0.1, 0.15) is 17.5 Å². The molecule has 0 aliphatic carbocycles. The maximum Gasteiger partial charge on any atom is 0.289 e. The number of imidazole rings is 1. The summed E-state index contributed by atoms with van der Waals surface area (Å²) in [7, 11) is 1.59. The summed E-state index contributed by atoms with van der Waals surface area (Å²) in [6, 6.07) is 7.55. The standard InChI is InChI=1S/C18H18N6O2/c1-10(9-26-2)20-18(25)17-21-14-7-12-13(8-15(14)22-17)23-24-16(12)11-3-5-19-6-4-11/h3-8,10,23-24H,9H2,1-2H3,(H,20,25). The number of hydrogen-bond donors (Lipinski definition) is 3. The molecule has 3 N–H and O–H groups in total. The fourth-order valence-electron chi connectivity index (χ4n) is 2.94. The lowest BCUT2D eigenvalue weighted by Gasteiger charge is -2.10. The van der Waals surface area contributed by atoms with Crippen LogP contribution in [0.25, 0.3) is 33.2 Å². The van der Waals surface area contributed by atoms with E-state index < -0.39 is 0 Å². The number of aromatic amines is 2. The van der Waals surface area contributed by atoms with Gasteiger partial charge in [0.15, 0.2) is 0 Å². The van der Waals surface area contributed by atoms with E-state index in [1.165, 1.54) is 0 Å². The molecule has 4 aromatic rings. The number of aromatic nitrogens is 5. The Kier molecular flexibility index (Phi) is 4.10. The molecule has 8 nitrogen and oxygen atoms in total. The molecule has 0 saturated carbocycles. The van der Waals surface area contributed by atoms with E-state index >= 15 is 0 Å². The van der Waals surface area contributed by atoms with E-state index in [4.69, 9.17) is 4.74 Å². The molecule has 4 rings (SSSR count). The molecule has 26 heavy (non-hydrogen) atoms. The second kappa shape index (κ2) is 6.57. The number of nitrogens with zero attached hydrogens (tertiary/aromatic N) is 3. The summed E-state index contributed by atoms with van der Waals surface area (Å²) >= 11 is 0. The number of fused-ring (bicyclic) bond motifs is 2. The molecule has 0 radical (unpaired) electrons. The Labute approximate surface area is 149 Å². The Balaban J connectivity index is 1.72. The number of hydrogen-bond acceptors (Lipinski definition) is 5. The van der Waals surface area contributed by atoms with Gasteiger partial charge in [-0.25, -0.2) is 9.97 Å². The van der Waals surface area contributed by atoms with Gasteiger partial charge < -0.3 is 15.2 Å². The normalized spacial score (nSPS) is 12.5. The van der Waals surface area contributed by atoms with Crippen molar-refractivity contribution in [1.29, 1.82) is 0 Å². The Bertz CT molecular complexity index is 1070. The van der Waals surface area contributed by atoms with Gasteiger partial charge in [-0.15, -0.1) is 0 Å². The summed E-state index contributed by atoms with van der Waals surface area (Å²) < 4.78 is 5.03. The first-order valence-corrected chi connectivity index (χ1v) is 8.23. The number of rotatable bonds is 5. The van der Waals surface area contributed by atoms with Crippen molar-refractivity contribution in [3.63, 3.8) is 0 Å². The minimum Gasteiger partial charge on any atom is -0.383 e. The number of amides is 1. The molecular formula is C18H18N6O2. The first kappa shape index (κ1) is 16.2. The topological polar surface area (TPSA) is 109 Å². The highest BCUT2D eigenvalue weighted by molar-refractivity contribution is 6.02. The highest BCUT2D eigenvalue weighted by atomic mass is 16.5. The van der Waals surface area contributed by atoms with E-state index in [0.29, 0.717) is 17.6 Å². The largest absolute Gasteiger partial charge is 0.383 e. The predicted octanol–water partition coefficient (Wildman–Crippen LogP) is 2.27. The SMILES string of the molecule is COCC(C)NC(=O)c1nc2cc3[nH][nH]c(-c4ccncc4)c3cc2n1. The van der Waals surface area contributed by atoms with Crippen LogP contribution in [0.2, 0.25) is 0 Å². The number of carbonyl (C=O) groups excluding carboxylic acids is 1. The van der Waals surface area contributed by atoms with Crippen LogP contribution in [0.5, 0.6) is 0 Å². The summed E-state index contributed by atoms with van der Waals surface area (Å²) in [6.07, 6.45) is 3.49. The minimum absolute atomic E-state index is 0.114. The van der Waals surface area contributed by atoms with Gasteiger partial charge in [-0.3, -0.25) is 14.9 Å². The number of H-pyrrole nitrogens is 2. The van der Waals surface area contributed by atoms with Crippen molar-refractivity contribution >= 4 is 27.8 Å². The molecule has 0 spiro atoms. The average molecular weight is 350 g/mol. The van der Waals surface area contributed by atoms with Crippen molar-refractivity contribution in [2.24, 2.45) is 0 Å². The molecule has 0 aliphatic heterocycles. The Morgan fingerprint density at radius 3 is 2.65 bits per heavy atom. The summed E-state index contributed by atoms with van der Waals surface area (Å²) in [4.78, 5) is 25.1. The lowest BCUT2D eigenvalue weighted by Crippen LogP contribution is -2.36. The Morgan fingerprint density at radius 1 is 1.19 bits per heavy atom. The van der Waals surface area contributed by atoms with Crippen molar-refractivity contribution in [3.05, 3.63) is 42.5 Å². The maximum atomic E-state index is 12.3. The van der Waals surface area contributed by atoms with Gasteiger partial charge in [0, 0.05) is 36.5 Å². The summed E-state index contributed by atoms with van der Waals surface area (Å²) in [6.45, 7) is 2.30. The van der Waals surface area contributed by atoms with E-state index in [9.17, 15) is 4.79 Å². The zero-order chi connectivity index (χ0) is 18.1. The van der Waals surface area contributed by atoms with E-state index in [2.05, 4.69) is 30.5 Å².